The first-order valence-corrected chi connectivity index (χ1v) is 30.2. The summed E-state index contributed by atoms with van der Waals surface area (Å²) in [5.41, 5.74) is 14.8. The third kappa shape index (κ3) is 21.8. The second-order valence-electron chi connectivity index (χ2n) is 23.3. The number of aliphatic imine (C=N–C) groups is 1. The molecule has 25 nitrogen and oxygen atoms in total. The van der Waals surface area contributed by atoms with Crippen molar-refractivity contribution in [1.82, 2.24) is 40.9 Å². The highest BCUT2D eigenvalue weighted by Gasteiger charge is 2.32. The van der Waals surface area contributed by atoms with Gasteiger partial charge in [0.15, 0.2) is 0 Å². The third-order valence-corrected chi connectivity index (χ3v) is 15.9. The van der Waals surface area contributed by atoms with Gasteiger partial charge in [0.2, 0.25) is 11.8 Å². The molecule has 0 spiro atoms. The number of urea groups is 2. The number of ether oxygens (including phenoxy) is 2. The van der Waals surface area contributed by atoms with Crippen LogP contribution < -0.4 is 37.6 Å². The first kappa shape index (κ1) is 68.7. The van der Waals surface area contributed by atoms with Gasteiger partial charge >= 0.3 is 30.1 Å². The Balaban J connectivity index is 0.996. The van der Waals surface area contributed by atoms with Gasteiger partial charge in [0.05, 0.1) is 30.8 Å². The average molecular weight is 1230 g/mol. The van der Waals surface area contributed by atoms with Crippen molar-refractivity contribution in [3.63, 3.8) is 0 Å². The molecule has 26 heteroatoms. The molecule has 10 N–H and O–H groups in total. The fourth-order valence-electron chi connectivity index (χ4n) is 10.7. The molecule has 88 heavy (non-hydrogen) atoms. The molecule has 0 radical (unpaired) electrons. The third-order valence-electron chi connectivity index (χ3n) is 15.9. The maximum atomic E-state index is 15.1. The van der Waals surface area contributed by atoms with Gasteiger partial charge in [0.25, 0.3) is 11.8 Å². The maximum absolute atomic E-state index is 15.1. The molecule has 4 aliphatic heterocycles. The zero-order valence-electron chi connectivity index (χ0n) is 51.0. The molecule has 2 fully saturated rings. The van der Waals surface area contributed by atoms with Gasteiger partial charge in [-0.25, -0.2) is 23.8 Å². The van der Waals surface area contributed by atoms with Crippen molar-refractivity contribution in [2.75, 3.05) is 76.9 Å². The Hall–Kier alpha value is -8.39. The van der Waals surface area contributed by atoms with Crippen molar-refractivity contribution in [3.8, 4) is 0 Å². The van der Waals surface area contributed by atoms with Crippen LogP contribution in [0.2, 0.25) is 0 Å². The van der Waals surface area contributed by atoms with Gasteiger partial charge in [-0.05, 0) is 110 Å². The number of hydrogen-bond donors (Lipinski definition) is 8. The number of carboxylic acid groups (broad SMARTS) is 1. The number of unbranched alkanes of at least 4 members (excludes halogenated alkanes) is 2. The van der Waals surface area contributed by atoms with E-state index in [2.05, 4.69) is 26.3 Å². The molecule has 0 aromatic heterocycles. The number of carbonyl (C=O) groups is 9. The van der Waals surface area contributed by atoms with Crippen LogP contribution in [-0.2, 0) is 44.8 Å². The molecule has 0 unspecified atom stereocenters. The lowest BCUT2D eigenvalue weighted by molar-refractivity contribution is -0.151. The van der Waals surface area contributed by atoms with Gasteiger partial charge in [-0.1, -0.05) is 58.4 Å². The summed E-state index contributed by atoms with van der Waals surface area (Å²) in [4.78, 5) is 126. The molecule has 2 aromatic carbocycles. The van der Waals surface area contributed by atoms with Crippen LogP contribution in [0, 0.1) is 23.6 Å². The fourth-order valence-corrected chi connectivity index (χ4v) is 10.7. The van der Waals surface area contributed by atoms with E-state index >= 15 is 4.39 Å². The van der Waals surface area contributed by atoms with Crippen molar-refractivity contribution in [1.29, 1.82) is 0 Å². The van der Waals surface area contributed by atoms with Gasteiger partial charge in [-0.3, -0.25) is 38.6 Å². The number of anilines is 1. The predicted molar refractivity (Wildman–Crippen MR) is 327 cm³/mol. The van der Waals surface area contributed by atoms with Crippen molar-refractivity contribution in [2.45, 2.75) is 129 Å². The highest BCUT2D eigenvalue weighted by Crippen LogP contribution is 2.28. The number of amides is 9. The van der Waals surface area contributed by atoms with E-state index in [-0.39, 0.29) is 119 Å². The number of piperazine rings is 2. The first-order valence-electron chi connectivity index (χ1n) is 30.2. The summed E-state index contributed by atoms with van der Waals surface area (Å²) in [6, 6.07) is 8.84. The van der Waals surface area contributed by atoms with Crippen LogP contribution in [0.15, 0.2) is 77.3 Å². The topological polar surface area (TPSA) is 341 Å². The second kappa shape index (κ2) is 33.7. The van der Waals surface area contributed by atoms with Crippen LogP contribution in [-0.4, -0.2) is 192 Å². The van der Waals surface area contributed by atoms with Crippen LogP contribution in [0.1, 0.15) is 104 Å². The summed E-state index contributed by atoms with van der Waals surface area (Å²) in [6.45, 7) is 12.6. The normalized spacial score (nSPS) is 21.8. The lowest BCUT2D eigenvalue weighted by Crippen LogP contribution is -2.54. The Labute approximate surface area is 513 Å². The molecule has 2 aromatic rings. The molecule has 4 heterocycles. The number of imide groups is 1. The summed E-state index contributed by atoms with van der Waals surface area (Å²) < 4.78 is 27.2. The van der Waals surface area contributed by atoms with Gasteiger partial charge in [-0.15, -0.1) is 0 Å². The van der Waals surface area contributed by atoms with Crippen LogP contribution in [0.25, 0.3) is 6.08 Å². The maximum Gasteiger partial charge on any atom is 0.410 e. The molecule has 0 saturated carbocycles. The van der Waals surface area contributed by atoms with Gasteiger partial charge in [-0.2, -0.15) is 0 Å². The molecule has 480 valence electrons. The highest BCUT2D eigenvalue weighted by atomic mass is 19.1. The predicted octanol–water partition coefficient (Wildman–Crippen LogP) is 4.30. The number of hydrogen-bond acceptors (Lipinski definition) is 15. The monoisotopic (exact) mass is 1230 g/mol. The Kier molecular flexibility index (Phi) is 26.3. The van der Waals surface area contributed by atoms with E-state index in [9.17, 15) is 53.4 Å². The van der Waals surface area contributed by atoms with E-state index in [0.717, 1.165) is 10.5 Å². The molecule has 9 amide bonds. The highest BCUT2D eigenvalue weighted by molar-refractivity contribution is 6.12. The fraction of sp³-hybridized carbons (Fsp3) is 0.548. The van der Waals surface area contributed by atoms with Crippen molar-refractivity contribution in [2.24, 2.45) is 34.2 Å². The number of aliphatic hydroxyl groups is 1. The van der Waals surface area contributed by atoms with E-state index in [1.807, 2.05) is 35.8 Å². The van der Waals surface area contributed by atoms with E-state index in [1.165, 1.54) is 29.2 Å². The number of aliphatic hydroxyl groups excluding tert-OH is 1. The number of nitrogens with two attached hydrogens (primary N) is 2. The van der Waals surface area contributed by atoms with Crippen LogP contribution in [0.3, 0.4) is 0 Å². The standard InChI is InChI=1S/C62H87FN12O13/c1-39(2)56(70-51(77)11-7-6-8-23-75-52(78)20-21-53(75)79)59(83)69-49(10-9-22-66-60(65)84)58(64)68-46-16-14-43(15-17-46)37-67-61(85)73-28-30-74(31-29-73)62(86)87-50-19-13-41(4)57(88-55(82)36-48(76)18-12-40(50)3)42(5)32-44-33-45(63)35-47(34-44)72-26-24-71(25-27-72)38-54(80)81/h13-17,19-21,32-35,39-41,48-50,56-57,76H,6-12,18,22-31,36-38H2,1-5H3,(H2,64,68)(H,67,85)(H,69,83)(H,70,77)(H,80,81)(H3,65,66,84)/b19-13+,42-32+/t40-,41-,48+,49-,50-,56-,57-/m0/s1. The number of nitrogens with one attached hydrogen (secondary N) is 4. The van der Waals surface area contributed by atoms with E-state index < -0.39 is 72.1 Å². The number of aliphatic carboxylic acids is 1. The number of esters is 1. The number of halogens is 1. The summed E-state index contributed by atoms with van der Waals surface area (Å²) in [7, 11) is 0. The molecule has 0 aliphatic carbocycles. The van der Waals surface area contributed by atoms with Crippen molar-refractivity contribution < 1.29 is 67.2 Å². The quantitative estimate of drug-likeness (QED) is 0.0181. The zero-order chi connectivity index (χ0) is 64.0. The molecule has 6 rings (SSSR count). The molecular weight excluding hydrogens is 1140 g/mol. The Morgan fingerprint density at radius 2 is 1.52 bits per heavy atom. The number of carboxylic acids is 1. The summed E-state index contributed by atoms with van der Waals surface area (Å²) in [5, 5.41) is 31.3. The average Bonchev–Trinajstić information content (AvgIpc) is 3.98. The number of rotatable bonds is 24. The van der Waals surface area contributed by atoms with Crippen LogP contribution in [0.5, 0.6) is 0 Å². The molecular formula is C62H87FN12O13. The molecule has 0 bridgehead atoms. The van der Waals surface area contributed by atoms with Crippen LogP contribution >= 0.6 is 0 Å². The Morgan fingerprint density at radius 1 is 0.841 bits per heavy atom. The lowest BCUT2D eigenvalue weighted by atomic mass is 9.91. The number of primary amides is 1. The summed E-state index contributed by atoms with van der Waals surface area (Å²) >= 11 is 0. The molecule has 4 aliphatic rings. The minimum absolute atomic E-state index is 0.0657. The zero-order valence-corrected chi connectivity index (χ0v) is 51.0. The minimum Gasteiger partial charge on any atom is -0.480 e. The van der Waals surface area contributed by atoms with Gasteiger partial charge < -0.3 is 67.1 Å². The van der Waals surface area contributed by atoms with Gasteiger partial charge in [0, 0.05) is 102 Å². The number of cyclic esters (lactones) is 1. The van der Waals surface area contributed by atoms with E-state index in [4.69, 9.17) is 20.9 Å². The molecule has 7 atom stereocenters. The van der Waals surface area contributed by atoms with E-state index in [0.29, 0.717) is 80.8 Å². The Morgan fingerprint density at radius 3 is 2.18 bits per heavy atom. The summed E-state index contributed by atoms with van der Waals surface area (Å²) in [5.74, 6) is -4.42. The second-order valence-corrected chi connectivity index (χ2v) is 23.3. The smallest absolute Gasteiger partial charge is 0.410 e. The van der Waals surface area contributed by atoms with Crippen LogP contribution in [0.4, 0.5) is 30.1 Å². The molecule has 2 saturated heterocycles. The minimum atomic E-state index is -1.01. The number of benzene rings is 2. The number of nitrogens with zero attached hydrogens (tertiary/aromatic N) is 6. The van der Waals surface area contributed by atoms with Gasteiger partial charge in [0.1, 0.15) is 29.9 Å². The SMILES string of the molecule is C/C(=C\c1cc(F)cc(N2CCN(CC(=O)O)CC2)c1)[C@H]1OC(=O)C[C@H](O)CC[C@H](C)[C@@H](OC(=O)N2CCN(C(=O)NCc3ccc(N=C(N)[C@H](CCCNC(N)=O)NC(=O)[C@@H](NC(=O)CCCCCN4C(=O)C=CC4=O)C(C)C)cc3)CC2)/C=C/[C@@H]1C. The number of carbonyl (C=O) groups excluding carboxylic acids is 8. The van der Waals surface area contributed by atoms with Crippen molar-refractivity contribution >= 4 is 77.0 Å². The first-order chi connectivity index (χ1) is 41.9. The largest absolute Gasteiger partial charge is 0.480 e. The summed E-state index contributed by atoms with van der Waals surface area (Å²) in [6.07, 6.45) is 7.50. The van der Waals surface area contributed by atoms with E-state index in [1.54, 1.807) is 62.1 Å². The Bertz CT molecular complexity index is 2890. The lowest BCUT2D eigenvalue weighted by Gasteiger charge is -2.35. The number of amidine groups is 1. The van der Waals surface area contributed by atoms with Crippen molar-refractivity contribution in [3.05, 3.63) is 89.3 Å².